The normalized spacial score (nSPS) is 27.5. The third kappa shape index (κ3) is 8.04. The molecular formula is C29H40F2N6O2. The first-order chi connectivity index (χ1) is 18.6. The molecular weight excluding hydrogens is 502 g/mol. The highest BCUT2D eigenvalue weighted by molar-refractivity contribution is 6.38. The van der Waals surface area contributed by atoms with Gasteiger partial charge >= 0.3 is 0 Å². The number of halogens is 2. The summed E-state index contributed by atoms with van der Waals surface area (Å²) in [5.74, 6) is -1.87. The van der Waals surface area contributed by atoms with Crippen molar-refractivity contribution in [2.75, 3.05) is 13.1 Å². The molecule has 39 heavy (non-hydrogen) atoms. The molecule has 1 saturated carbocycles. The summed E-state index contributed by atoms with van der Waals surface area (Å²) in [5, 5.41) is 30.5. The van der Waals surface area contributed by atoms with Crippen molar-refractivity contribution in [2.24, 2.45) is 16.8 Å². The van der Waals surface area contributed by atoms with Crippen LogP contribution in [0.5, 0.6) is 0 Å². The van der Waals surface area contributed by atoms with Crippen LogP contribution in [0.15, 0.2) is 64.8 Å². The fourth-order valence-corrected chi connectivity index (χ4v) is 4.67. The Labute approximate surface area is 230 Å². The Bertz CT molecular complexity index is 1120. The van der Waals surface area contributed by atoms with E-state index in [9.17, 15) is 18.7 Å². The van der Waals surface area contributed by atoms with Gasteiger partial charge in [0.1, 0.15) is 11.8 Å². The number of aliphatic imine (C=N–C) groups is 1. The number of nitrogens with one attached hydrogen (secondary N) is 3. The smallest absolute Gasteiger partial charge is 0.286 e. The van der Waals surface area contributed by atoms with Crippen molar-refractivity contribution in [2.45, 2.75) is 71.3 Å². The van der Waals surface area contributed by atoms with Gasteiger partial charge in [-0.25, -0.2) is 8.78 Å². The van der Waals surface area contributed by atoms with Crippen LogP contribution < -0.4 is 10.6 Å². The van der Waals surface area contributed by atoms with E-state index in [2.05, 4.69) is 15.6 Å². The molecule has 0 radical (unpaired) electrons. The molecule has 3 aliphatic carbocycles. The van der Waals surface area contributed by atoms with E-state index < -0.39 is 29.3 Å². The van der Waals surface area contributed by atoms with Crippen LogP contribution in [0.4, 0.5) is 8.78 Å². The van der Waals surface area contributed by atoms with Crippen molar-refractivity contribution >= 4 is 18.0 Å². The summed E-state index contributed by atoms with van der Waals surface area (Å²) in [7, 11) is 0. The lowest BCUT2D eigenvalue weighted by molar-refractivity contribution is -0.115. The van der Waals surface area contributed by atoms with Crippen molar-refractivity contribution < 1.29 is 18.7 Å². The zero-order valence-corrected chi connectivity index (χ0v) is 23.3. The van der Waals surface area contributed by atoms with Gasteiger partial charge in [0.15, 0.2) is 17.5 Å². The number of nitriles is 1. The molecule has 0 saturated heterocycles. The van der Waals surface area contributed by atoms with E-state index in [1.807, 2.05) is 58.1 Å². The molecule has 1 aliphatic heterocycles. The van der Waals surface area contributed by atoms with Crippen LogP contribution in [-0.4, -0.2) is 64.9 Å². The number of hydrogen-bond acceptors (Lipinski definition) is 7. The van der Waals surface area contributed by atoms with Crippen LogP contribution in [0.1, 0.15) is 47.5 Å². The van der Waals surface area contributed by atoms with Gasteiger partial charge in [0.05, 0.1) is 12.1 Å². The second kappa shape index (κ2) is 14.7. The maximum absolute atomic E-state index is 14.6. The SMILES string of the molecule is C/C=C/C#N.CC.CC(C=N)NC(O)CCNC(=O)C1=NC2(C)C=CC=CC2N1CC1=C(F)C(F)=CC2CC12. The number of carbonyl (C=O) groups is 1. The molecule has 0 aromatic carbocycles. The van der Waals surface area contributed by atoms with E-state index >= 15 is 0 Å². The minimum absolute atomic E-state index is 0.0224. The van der Waals surface area contributed by atoms with E-state index in [4.69, 9.17) is 10.7 Å². The fraction of sp³-hybridized carbons (Fsp3) is 0.517. The van der Waals surface area contributed by atoms with E-state index in [0.717, 1.165) is 6.42 Å². The van der Waals surface area contributed by atoms with Gasteiger partial charge < -0.3 is 20.7 Å². The summed E-state index contributed by atoms with van der Waals surface area (Å²) in [4.78, 5) is 19.4. The molecule has 1 amide bonds. The van der Waals surface area contributed by atoms with Gasteiger partial charge in [0.2, 0.25) is 0 Å². The van der Waals surface area contributed by atoms with Crippen molar-refractivity contribution in [1.82, 2.24) is 15.5 Å². The molecule has 0 aromatic rings. The second-order valence-corrected chi connectivity index (χ2v) is 9.65. The van der Waals surface area contributed by atoms with E-state index in [-0.39, 0.29) is 49.3 Å². The molecule has 0 aromatic heterocycles. The molecule has 6 unspecified atom stereocenters. The summed E-state index contributed by atoms with van der Waals surface area (Å²) >= 11 is 0. The molecule has 6 atom stereocenters. The molecule has 0 spiro atoms. The number of nitrogens with zero attached hydrogens (tertiary/aromatic N) is 3. The van der Waals surface area contributed by atoms with Crippen LogP contribution in [0.25, 0.3) is 0 Å². The van der Waals surface area contributed by atoms with Gasteiger partial charge in [0.25, 0.3) is 5.91 Å². The number of carbonyl (C=O) groups excluding carboxylic acids is 1. The summed E-state index contributed by atoms with van der Waals surface area (Å²) in [6.07, 6.45) is 13.3. The third-order valence-corrected chi connectivity index (χ3v) is 6.72. The van der Waals surface area contributed by atoms with E-state index in [1.54, 1.807) is 17.9 Å². The number of allylic oxidation sites excluding steroid dienone is 7. The summed E-state index contributed by atoms with van der Waals surface area (Å²) in [6.45, 7) is 9.74. The minimum atomic E-state index is -0.873. The Hall–Kier alpha value is -3.42. The van der Waals surface area contributed by atoms with Gasteiger partial charge in [-0.2, -0.15) is 5.26 Å². The van der Waals surface area contributed by atoms with Crippen LogP contribution in [0, 0.1) is 28.6 Å². The topological polar surface area (TPSA) is 125 Å². The van der Waals surface area contributed by atoms with Crippen molar-refractivity contribution in [3.8, 4) is 6.07 Å². The standard InChI is InChI=1S/C23H29F2N5O2.C4H5N.C2H6/c1-13(11-26)28-19(31)6-8-27-22(32)21-29-23(2)7-4-3-5-18(23)30(21)12-16-15-9-14(15)10-17(24)20(16)25;1-2-3-4-5;1-2/h3-5,7,10-11,13-15,18-19,26,28,31H,6,8-9,12H2,1-2H3,(H,27,32);2-3H,1H3;1-2H3/b;3-2+;. The summed E-state index contributed by atoms with van der Waals surface area (Å²) < 4.78 is 28.7. The lowest BCUT2D eigenvalue weighted by atomic mass is 9.88. The van der Waals surface area contributed by atoms with Crippen LogP contribution in [-0.2, 0) is 4.79 Å². The maximum atomic E-state index is 14.6. The molecule has 8 nitrogen and oxygen atoms in total. The number of aliphatic hydroxyl groups excluding tert-OH is 1. The summed E-state index contributed by atoms with van der Waals surface area (Å²) in [6, 6.07) is 1.28. The quantitative estimate of drug-likeness (QED) is 0.197. The highest BCUT2D eigenvalue weighted by atomic mass is 19.2. The fourth-order valence-electron chi connectivity index (χ4n) is 4.67. The minimum Gasteiger partial charge on any atom is -0.379 e. The molecule has 1 fully saturated rings. The second-order valence-electron chi connectivity index (χ2n) is 9.65. The predicted octanol–water partition coefficient (Wildman–Crippen LogP) is 4.25. The predicted molar refractivity (Wildman–Crippen MR) is 150 cm³/mol. The van der Waals surface area contributed by atoms with Crippen LogP contribution in [0.3, 0.4) is 0 Å². The Morgan fingerprint density at radius 3 is 2.74 bits per heavy atom. The van der Waals surface area contributed by atoms with Crippen LogP contribution >= 0.6 is 0 Å². The highest BCUT2D eigenvalue weighted by Crippen LogP contribution is 2.52. The van der Waals surface area contributed by atoms with E-state index in [1.165, 1.54) is 18.4 Å². The lowest BCUT2D eigenvalue weighted by Gasteiger charge is -2.34. The van der Waals surface area contributed by atoms with Gasteiger partial charge in [-0.15, -0.1) is 0 Å². The number of aliphatic hydroxyl groups is 1. The molecule has 1 heterocycles. The number of fused-ring (bicyclic) bond motifs is 2. The molecule has 10 heteroatoms. The highest BCUT2D eigenvalue weighted by Gasteiger charge is 2.49. The molecule has 4 N–H and O–H groups in total. The first-order valence-corrected chi connectivity index (χ1v) is 13.4. The zero-order valence-electron chi connectivity index (χ0n) is 23.3. The van der Waals surface area contributed by atoms with Gasteiger partial charge in [-0.05, 0) is 50.7 Å². The van der Waals surface area contributed by atoms with Crippen molar-refractivity contribution in [3.63, 3.8) is 0 Å². The molecule has 4 rings (SSSR count). The molecule has 212 valence electrons. The van der Waals surface area contributed by atoms with Crippen molar-refractivity contribution in [1.29, 1.82) is 10.7 Å². The van der Waals surface area contributed by atoms with Crippen LogP contribution in [0.2, 0.25) is 0 Å². The number of amides is 1. The first kappa shape index (κ1) is 31.8. The summed E-state index contributed by atoms with van der Waals surface area (Å²) in [5.41, 5.74) is -0.284. The number of rotatable bonds is 9. The Morgan fingerprint density at radius 2 is 2.13 bits per heavy atom. The Morgan fingerprint density at radius 1 is 1.41 bits per heavy atom. The average molecular weight is 543 g/mol. The van der Waals surface area contributed by atoms with Gasteiger partial charge in [0, 0.05) is 37.8 Å². The zero-order chi connectivity index (χ0) is 29.2. The molecule has 0 bridgehead atoms. The molecule has 4 aliphatic rings. The largest absolute Gasteiger partial charge is 0.379 e. The Kier molecular flexibility index (Phi) is 11.9. The Balaban J connectivity index is 0.000000686. The third-order valence-electron chi connectivity index (χ3n) is 6.72. The maximum Gasteiger partial charge on any atom is 0.286 e. The van der Waals surface area contributed by atoms with Crippen molar-refractivity contribution in [3.05, 3.63) is 59.8 Å². The lowest BCUT2D eigenvalue weighted by Crippen LogP contribution is -2.49. The number of amidine groups is 1. The van der Waals surface area contributed by atoms with Gasteiger partial charge in [-0.1, -0.05) is 44.2 Å². The van der Waals surface area contributed by atoms with E-state index in [0.29, 0.717) is 5.57 Å². The van der Waals surface area contributed by atoms with Gasteiger partial charge in [-0.3, -0.25) is 15.1 Å². The monoisotopic (exact) mass is 542 g/mol. The average Bonchev–Trinajstić information content (AvgIpc) is 3.62. The first-order valence-electron chi connectivity index (χ1n) is 13.4. The number of hydrogen-bond donors (Lipinski definition) is 4.